The summed E-state index contributed by atoms with van der Waals surface area (Å²) in [4.78, 5) is 14.4. The molecule has 1 heterocycles. The minimum absolute atomic E-state index is 0.236. The number of likely N-dealkylation sites (N-methyl/N-ethyl adjacent to an activating group) is 1. The van der Waals surface area contributed by atoms with Gasteiger partial charge in [-0.2, -0.15) is 13.2 Å². The van der Waals surface area contributed by atoms with Crippen LogP contribution in [0.5, 0.6) is 0 Å². The maximum atomic E-state index is 12.1. The average Bonchev–Trinajstić information content (AvgIpc) is 2.26. The fourth-order valence-electron chi connectivity index (χ4n) is 1.60. The van der Waals surface area contributed by atoms with Gasteiger partial charge in [0, 0.05) is 26.2 Å². The van der Waals surface area contributed by atoms with Crippen molar-refractivity contribution in [3.8, 4) is 0 Å². The topological polar surface area (TPSA) is 43.8 Å². The smallest absolute Gasteiger partial charge is 0.376 e. The van der Waals surface area contributed by atoms with Crippen molar-refractivity contribution >= 4 is 5.91 Å². The van der Waals surface area contributed by atoms with E-state index in [1.165, 1.54) is 0 Å². The molecule has 1 amide bonds. The lowest BCUT2D eigenvalue weighted by Crippen LogP contribution is -2.54. The van der Waals surface area contributed by atoms with Crippen molar-refractivity contribution in [1.82, 2.24) is 9.80 Å². The van der Waals surface area contributed by atoms with Crippen LogP contribution in [0.25, 0.3) is 0 Å². The van der Waals surface area contributed by atoms with E-state index < -0.39 is 18.2 Å². The van der Waals surface area contributed by atoms with E-state index in [9.17, 15) is 18.0 Å². The van der Waals surface area contributed by atoms with Gasteiger partial charge in [-0.3, -0.25) is 4.79 Å². The zero-order valence-corrected chi connectivity index (χ0v) is 9.00. The Balaban J connectivity index is 2.51. The van der Waals surface area contributed by atoms with Crippen LogP contribution < -0.4 is 0 Å². The Morgan fingerprint density at radius 3 is 2.19 bits per heavy atom. The first-order valence-electron chi connectivity index (χ1n) is 5.12. The molecule has 0 aromatic heterocycles. The molecule has 94 valence electrons. The van der Waals surface area contributed by atoms with Crippen LogP contribution in [0.4, 0.5) is 13.2 Å². The Hall–Kier alpha value is -0.820. The number of rotatable bonds is 2. The van der Waals surface area contributed by atoms with Crippen molar-refractivity contribution < 1.29 is 23.1 Å². The van der Waals surface area contributed by atoms with Gasteiger partial charge in [0.1, 0.15) is 0 Å². The number of amides is 1. The Bertz CT molecular complexity index is 250. The van der Waals surface area contributed by atoms with Gasteiger partial charge in [0.05, 0.1) is 0 Å². The molecule has 0 spiro atoms. The highest BCUT2D eigenvalue weighted by atomic mass is 19.4. The van der Waals surface area contributed by atoms with Crippen molar-refractivity contribution in [3.05, 3.63) is 0 Å². The zero-order valence-electron chi connectivity index (χ0n) is 9.00. The fourth-order valence-corrected chi connectivity index (χ4v) is 1.60. The first-order valence-corrected chi connectivity index (χ1v) is 5.12. The summed E-state index contributed by atoms with van der Waals surface area (Å²) in [5.41, 5.74) is 0. The van der Waals surface area contributed by atoms with Crippen LogP contribution in [0, 0.1) is 0 Å². The number of aliphatic hydroxyl groups is 1. The van der Waals surface area contributed by atoms with Gasteiger partial charge >= 0.3 is 6.18 Å². The molecular weight excluding hydrogens is 225 g/mol. The maximum Gasteiger partial charge on any atom is 0.423 e. The monoisotopic (exact) mass is 240 g/mol. The van der Waals surface area contributed by atoms with Crippen LogP contribution in [0.15, 0.2) is 0 Å². The summed E-state index contributed by atoms with van der Waals surface area (Å²) in [5, 5.41) is 8.80. The second kappa shape index (κ2) is 5.01. The van der Waals surface area contributed by atoms with E-state index >= 15 is 0 Å². The molecule has 16 heavy (non-hydrogen) atoms. The molecule has 1 saturated heterocycles. The molecule has 0 saturated carbocycles. The van der Waals surface area contributed by atoms with Gasteiger partial charge in [-0.25, -0.2) is 0 Å². The normalized spacial score (nSPS) is 20.9. The predicted octanol–water partition coefficient (Wildman–Crippen LogP) is 0.0737. The average molecular weight is 240 g/mol. The summed E-state index contributed by atoms with van der Waals surface area (Å²) in [6.45, 7) is 4.32. The molecule has 0 bridgehead atoms. The summed E-state index contributed by atoms with van der Waals surface area (Å²) in [5.74, 6) is -1.25. The first kappa shape index (κ1) is 13.2. The van der Waals surface area contributed by atoms with Crippen LogP contribution in [-0.4, -0.2) is 65.8 Å². The summed E-state index contributed by atoms with van der Waals surface area (Å²) in [6.07, 6.45) is -7.76. The number of nitrogens with zero attached hydrogens (tertiary/aromatic N) is 2. The number of piperazine rings is 1. The minimum Gasteiger partial charge on any atom is -0.376 e. The van der Waals surface area contributed by atoms with Crippen LogP contribution in [0.1, 0.15) is 6.92 Å². The SMILES string of the molecule is CCN1CCN(C(=O)C(O)C(F)(F)F)CC1. The molecule has 1 N–H and O–H groups in total. The third-order valence-corrected chi connectivity index (χ3v) is 2.68. The van der Waals surface area contributed by atoms with Gasteiger partial charge in [-0.15, -0.1) is 0 Å². The third-order valence-electron chi connectivity index (χ3n) is 2.68. The number of carbonyl (C=O) groups excluding carboxylic acids is 1. The highest BCUT2D eigenvalue weighted by Crippen LogP contribution is 2.22. The van der Waals surface area contributed by atoms with Crippen LogP contribution in [0.2, 0.25) is 0 Å². The molecule has 0 radical (unpaired) electrons. The second-order valence-corrected chi connectivity index (χ2v) is 3.70. The van der Waals surface area contributed by atoms with E-state index in [-0.39, 0.29) is 13.1 Å². The second-order valence-electron chi connectivity index (χ2n) is 3.70. The van der Waals surface area contributed by atoms with Crippen molar-refractivity contribution in [1.29, 1.82) is 0 Å². The lowest BCUT2D eigenvalue weighted by atomic mass is 10.2. The Morgan fingerprint density at radius 1 is 1.31 bits per heavy atom. The lowest BCUT2D eigenvalue weighted by molar-refractivity contribution is -0.211. The van der Waals surface area contributed by atoms with E-state index in [2.05, 4.69) is 0 Å². The molecule has 4 nitrogen and oxygen atoms in total. The lowest BCUT2D eigenvalue weighted by Gasteiger charge is -2.35. The minimum atomic E-state index is -4.88. The molecule has 0 aliphatic carbocycles. The third kappa shape index (κ3) is 3.08. The molecule has 1 aliphatic rings. The number of halogens is 3. The Kier molecular flexibility index (Phi) is 4.15. The summed E-state index contributed by atoms with van der Waals surface area (Å²) in [7, 11) is 0. The highest BCUT2D eigenvalue weighted by molar-refractivity contribution is 5.81. The largest absolute Gasteiger partial charge is 0.423 e. The van der Waals surface area contributed by atoms with Crippen LogP contribution >= 0.6 is 0 Å². The molecule has 0 aromatic rings. The van der Waals surface area contributed by atoms with Crippen molar-refractivity contribution in [2.45, 2.75) is 19.2 Å². The van der Waals surface area contributed by atoms with E-state index in [0.717, 1.165) is 11.4 Å². The van der Waals surface area contributed by atoms with E-state index in [0.29, 0.717) is 13.1 Å². The standard InChI is InChI=1S/C9H15F3N2O2/c1-2-13-3-5-14(6-4-13)8(16)7(15)9(10,11)12/h7,15H,2-6H2,1H3. The van der Waals surface area contributed by atoms with Gasteiger partial charge in [-0.1, -0.05) is 6.92 Å². The van der Waals surface area contributed by atoms with E-state index in [1.807, 2.05) is 11.8 Å². The quantitative estimate of drug-likeness (QED) is 0.743. The van der Waals surface area contributed by atoms with Crippen molar-refractivity contribution in [2.24, 2.45) is 0 Å². The molecular formula is C9H15F3N2O2. The number of aliphatic hydroxyl groups excluding tert-OH is 1. The number of hydrogen-bond acceptors (Lipinski definition) is 3. The van der Waals surface area contributed by atoms with Crippen LogP contribution in [-0.2, 0) is 4.79 Å². The highest BCUT2D eigenvalue weighted by Gasteiger charge is 2.45. The van der Waals surface area contributed by atoms with Gasteiger partial charge in [0.25, 0.3) is 5.91 Å². The summed E-state index contributed by atoms with van der Waals surface area (Å²) < 4.78 is 36.3. The first-order chi connectivity index (χ1) is 7.36. The van der Waals surface area contributed by atoms with Crippen molar-refractivity contribution in [2.75, 3.05) is 32.7 Å². The molecule has 1 fully saturated rings. The van der Waals surface area contributed by atoms with Crippen LogP contribution in [0.3, 0.4) is 0 Å². The Morgan fingerprint density at radius 2 is 1.81 bits per heavy atom. The molecule has 1 atom stereocenters. The maximum absolute atomic E-state index is 12.1. The van der Waals surface area contributed by atoms with E-state index in [4.69, 9.17) is 5.11 Å². The molecule has 1 rings (SSSR count). The van der Waals surface area contributed by atoms with Crippen molar-refractivity contribution in [3.63, 3.8) is 0 Å². The number of hydrogen-bond donors (Lipinski definition) is 1. The van der Waals surface area contributed by atoms with E-state index in [1.54, 1.807) is 0 Å². The number of carbonyl (C=O) groups is 1. The number of alkyl halides is 3. The zero-order chi connectivity index (χ0) is 12.3. The van der Waals surface area contributed by atoms with Gasteiger partial charge < -0.3 is 14.9 Å². The summed E-state index contributed by atoms with van der Waals surface area (Å²) >= 11 is 0. The molecule has 1 unspecified atom stereocenters. The van der Waals surface area contributed by atoms with Gasteiger partial charge in [0.2, 0.25) is 6.10 Å². The fraction of sp³-hybridized carbons (Fsp3) is 0.889. The Labute approximate surface area is 91.6 Å². The summed E-state index contributed by atoms with van der Waals surface area (Å²) in [6, 6.07) is 0. The molecule has 0 aromatic carbocycles. The molecule has 7 heteroatoms. The molecule has 1 aliphatic heterocycles. The van der Waals surface area contributed by atoms with Gasteiger partial charge in [0.15, 0.2) is 0 Å². The van der Waals surface area contributed by atoms with Gasteiger partial charge in [-0.05, 0) is 6.54 Å². The predicted molar refractivity (Wildman–Crippen MR) is 50.8 cm³/mol.